The Morgan fingerprint density at radius 2 is 2.15 bits per heavy atom. The van der Waals surface area contributed by atoms with E-state index in [-0.39, 0.29) is 6.54 Å². The van der Waals surface area contributed by atoms with Crippen LogP contribution in [-0.4, -0.2) is 17.3 Å². The second kappa shape index (κ2) is 5.86. The van der Waals surface area contributed by atoms with E-state index in [0.29, 0.717) is 0 Å². The zero-order valence-electron chi connectivity index (χ0n) is 8.71. The summed E-state index contributed by atoms with van der Waals surface area (Å²) < 4.78 is 0. The van der Waals surface area contributed by atoms with Crippen LogP contribution in [0.5, 0.6) is 0 Å². The largest absolute Gasteiger partial charge is 0.390 e. The van der Waals surface area contributed by atoms with Gasteiger partial charge in [-0.3, -0.25) is 0 Å². The lowest BCUT2D eigenvalue weighted by molar-refractivity contribution is 0.0689. The van der Waals surface area contributed by atoms with Crippen LogP contribution < -0.4 is 0 Å². The van der Waals surface area contributed by atoms with Crippen LogP contribution in [0.2, 0.25) is 0 Å². The first-order chi connectivity index (χ1) is 5.95. The summed E-state index contributed by atoms with van der Waals surface area (Å²) in [6.07, 6.45) is 4.49. The highest BCUT2D eigenvalue weighted by Crippen LogP contribution is 2.14. The molecule has 0 aliphatic heterocycles. The minimum Gasteiger partial charge on any atom is -0.390 e. The molecule has 0 spiro atoms. The molecule has 0 atom stereocenters. The second-order valence-electron chi connectivity index (χ2n) is 4.03. The van der Waals surface area contributed by atoms with Gasteiger partial charge in [-0.05, 0) is 40.0 Å². The third-order valence-corrected chi connectivity index (χ3v) is 1.87. The summed E-state index contributed by atoms with van der Waals surface area (Å²) >= 11 is 0. The van der Waals surface area contributed by atoms with Crippen molar-refractivity contribution in [3.05, 3.63) is 16.6 Å². The van der Waals surface area contributed by atoms with E-state index in [1.807, 2.05) is 13.0 Å². The Bertz CT molecular complexity index is 180. The van der Waals surface area contributed by atoms with Crippen LogP contribution in [0.4, 0.5) is 0 Å². The topological polar surface area (TPSA) is 49.7 Å². The maximum absolute atomic E-state index is 9.81. The average Bonchev–Trinajstić information content (AvgIpc) is 1.98. The van der Waals surface area contributed by atoms with Crippen molar-refractivity contribution in [2.75, 3.05) is 6.54 Å². The van der Waals surface area contributed by atoms with E-state index in [0.717, 1.165) is 19.3 Å². The summed E-state index contributed by atoms with van der Waals surface area (Å²) in [5, 5.41) is 12.2. The molecule has 0 saturated carbocycles. The Morgan fingerprint density at radius 1 is 1.54 bits per heavy atom. The highest BCUT2D eigenvalue weighted by Gasteiger charge is 2.10. The van der Waals surface area contributed by atoms with Gasteiger partial charge in [0.2, 0.25) is 0 Å². The zero-order valence-corrected chi connectivity index (χ0v) is 8.71. The fourth-order valence-corrected chi connectivity index (χ4v) is 1.10. The molecule has 0 aromatic carbocycles. The van der Waals surface area contributed by atoms with Crippen molar-refractivity contribution in [3.63, 3.8) is 0 Å². The van der Waals surface area contributed by atoms with E-state index in [2.05, 4.69) is 5.18 Å². The molecule has 13 heavy (non-hydrogen) atoms. The van der Waals surface area contributed by atoms with Crippen LogP contribution in [0.25, 0.3) is 0 Å². The molecule has 0 aromatic rings. The van der Waals surface area contributed by atoms with Crippen LogP contribution in [0, 0.1) is 4.91 Å². The van der Waals surface area contributed by atoms with Gasteiger partial charge >= 0.3 is 0 Å². The predicted molar refractivity (Wildman–Crippen MR) is 54.6 cm³/mol. The lowest BCUT2D eigenvalue weighted by Crippen LogP contribution is -2.17. The van der Waals surface area contributed by atoms with Crippen molar-refractivity contribution >= 4 is 0 Å². The van der Waals surface area contributed by atoms with E-state index < -0.39 is 5.60 Å². The number of rotatable bonds is 6. The van der Waals surface area contributed by atoms with Gasteiger partial charge in [-0.15, -0.1) is 0 Å². The standard InChI is InChI=1S/C10H19NO2/c1-9(6-8-11-13)5-4-7-10(2,3)12/h6,12H,4-5,7-8H2,1-3H3. The van der Waals surface area contributed by atoms with Gasteiger partial charge < -0.3 is 5.11 Å². The number of aliphatic hydroxyl groups is 1. The maximum atomic E-state index is 9.81. The van der Waals surface area contributed by atoms with E-state index in [4.69, 9.17) is 0 Å². The number of nitroso groups, excluding NO2 is 1. The first-order valence-electron chi connectivity index (χ1n) is 4.63. The van der Waals surface area contributed by atoms with E-state index >= 15 is 0 Å². The van der Waals surface area contributed by atoms with Crippen LogP contribution in [-0.2, 0) is 0 Å². The first kappa shape index (κ1) is 12.3. The van der Waals surface area contributed by atoms with Gasteiger partial charge in [0.05, 0.1) is 12.1 Å². The molecule has 3 nitrogen and oxygen atoms in total. The minimum absolute atomic E-state index is 0.258. The normalized spacial score (nSPS) is 13.1. The number of allylic oxidation sites excluding steroid dienone is 1. The SMILES string of the molecule is CC(=CCN=O)CCCC(C)(C)O. The summed E-state index contributed by atoms with van der Waals surface area (Å²) in [5.74, 6) is 0. The molecule has 0 heterocycles. The zero-order chi connectivity index (χ0) is 10.3. The van der Waals surface area contributed by atoms with Crippen molar-refractivity contribution in [3.8, 4) is 0 Å². The van der Waals surface area contributed by atoms with Gasteiger partial charge in [-0.1, -0.05) is 16.8 Å². The van der Waals surface area contributed by atoms with Crippen molar-refractivity contribution in [1.29, 1.82) is 0 Å². The molecule has 0 aliphatic rings. The lowest BCUT2D eigenvalue weighted by Gasteiger charge is -2.16. The molecule has 3 heteroatoms. The van der Waals surface area contributed by atoms with Crippen molar-refractivity contribution in [2.24, 2.45) is 5.18 Å². The van der Waals surface area contributed by atoms with Gasteiger partial charge in [0, 0.05) is 0 Å². The third kappa shape index (κ3) is 9.21. The molecule has 0 saturated heterocycles. The minimum atomic E-state index is -0.580. The molecule has 0 unspecified atom stereocenters. The summed E-state index contributed by atoms with van der Waals surface area (Å²) in [6.45, 7) is 5.85. The fraction of sp³-hybridized carbons (Fsp3) is 0.800. The molecule has 1 N–H and O–H groups in total. The van der Waals surface area contributed by atoms with Crippen LogP contribution in [0.15, 0.2) is 16.8 Å². The van der Waals surface area contributed by atoms with Crippen LogP contribution in [0.1, 0.15) is 40.0 Å². The summed E-state index contributed by atoms with van der Waals surface area (Å²) in [7, 11) is 0. The monoisotopic (exact) mass is 185 g/mol. The molecule has 0 aromatic heterocycles. The summed E-state index contributed by atoms with van der Waals surface area (Å²) in [4.78, 5) is 9.81. The lowest BCUT2D eigenvalue weighted by atomic mass is 9.99. The molecule has 0 fully saturated rings. The van der Waals surface area contributed by atoms with Crippen molar-refractivity contribution in [2.45, 2.75) is 45.6 Å². The fourth-order valence-electron chi connectivity index (χ4n) is 1.10. The van der Waals surface area contributed by atoms with Gasteiger partial charge in [-0.25, -0.2) is 0 Å². The number of hydrogen-bond donors (Lipinski definition) is 1. The van der Waals surface area contributed by atoms with Crippen molar-refractivity contribution in [1.82, 2.24) is 0 Å². The molecular formula is C10H19NO2. The molecule has 0 amide bonds. The molecular weight excluding hydrogens is 166 g/mol. The Kier molecular flexibility index (Phi) is 5.55. The molecule has 0 rings (SSSR count). The highest BCUT2D eigenvalue weighted by atomic mass is 16.3. The van der Waals surface area contributed by atoms with Crippen LogP contribution in [0.3, 0.4) is 0 Å². The van der Waals surface area contributed by atoms with E-state index in [9.17, 15) is 10.0 Å². The maximum Gasteiger partial charge on any atom is 0.0994 e. The van der Waals surface area contributed by atoms with Gasteiger partial charge in [0.1, 0.15) is 0 Å². The molecule has 0 aliphatic carbocycles. The number of hydrogen-bond acceptors (Lipinski definition) is 3. The average molecular weight is 185 g/mol. The Hall–Kier alpha value is -0.700. The van der Waals surface area contributed by atoms with Gasteiger partial charge in [0.25, 0.3) is 0 Å². The molecule has 76 valence electrons. The van der Waals surface area contributed by atoms with Gasteiger partial charge in [0.15, 0.2) is 0 Å². The highest BCUT2D eigenvalue weighted by molar-refractivity contribution is 4.99. The predicted octanol–water partition coefficient (Wildman–Crippen LogP) is 2.64. The van der Waals surface area contributed by atoms with Gasteiger partial charge in [-0.2, -0.15) is 4.91 Å². The van der Waals surface area contributed by atoms with Crippen molar-refractivity contribution < 1.29 is 5.11 Å². The molecule has 0 bridgehead atoms. The third-order valence-electron chi connectivity index (χ3n) is 1.87. The smallest absolute Gasteiger partial charge is 0.0994 e. The Morgan fingerprint density at radius 3 is 2.62 bits per heavy atom. The summed E-state index contributed by atoms with van der Waals surface area (Å²) in [5.41, 5.74) is 0.590. The Balaban J connectivity index is 3.58. The van der Waals surface area contributed by atoms with E-state index in [1.54, 1.807) is 13.8 Å². The summed E-state index contributed by atoms with van der Waals surface area (Å²) in [6, 6.07) is 0. The number of nitrogens with zero attached hydrogens (tertiary/aromatic N) is 1. The second-order valence-corrected chi connectivity index (χ2v) is 4.03. The molecule has 0 radical (unpaired) electrons. The van der Waals surface area contributed by atoms with E-state index in [1.165, 1.54) is 5.57 Å². The quantitative estimate of drug-likeness (QED) is 0.511. The Labute approximate surface area is 79.8 Å². The first-order valence-corrected chi connectivity index (χ1v) is 4.63. The van der Waals surface area contributed by atoms with Crippen LogP contribution >= 0.6 is 0 Å².